The second kappa shape index (κ2) is 9.04. The van der Waals surface area contributed by atoms with Gasteiger partial charge in [0, 0.05) is 24.5 Å². The highest BCUT2D eigenvalue weighted by Crippen LogP contribution is 2.21. The molecular formula is C21H23FN2O2S. The van der Waals surface area contributed by atoms with E-state index >= 15 is 0 Å². The summed E-state index contributed by atoms with van der Waals surface area (Å²) in [5, 5.41) is 3.01. The molecule has 0 aliphatic carbocycles. The molecule has 1 saturated heterocycles. The van der Waals surface area contributed by atoms with Gasteiger partial charge in [0.1, 0.15) is 5.82 Å². The molecule has 2 amide bonds. The molecule has 0 unspecified atom stereocenters. The van der Waals surface area contributed by atoms with Crippen LogP contribution in [0.2, 0.25) is 0 Å². The number of hydrogen-bond acceptors (Lipinski definition) is 3. The van der Waals surface area contributed by atoms with Crippen LogP contribution in [-0.2, 0) is 0 Å². The first-order valence-electron chi connectivity index (χ1n) is 9.05. The lowest BCUT2D eigenvalue weighted by Gasteiger charge is -2.32. The van der Waals surface area contributed by atoms with Crippen LogP contribution in [0.5, 0.6) is 0 Å². The van der Waals surface area contributed by atoms with Gasteiger partial charge in [-0.2, -0.15) is 0 Å². The molecule has 0 saturated carbocycles. The third-order valence-electron chi connectivity index (χ3n) is 4.91. The third-order valence-corrected chi connectivity index (χ3v) is 5.70. The van der Waals surface area contributed by atoms with Crippen molar-refractivity contribution >= 4 is 23.6 Å². The number of amides is 2. The molecule has 2 aromatic carbocycles. The molecule has 27 heavy (non-hydrogen) atoms. The number of carbonyl (C=O) groups excluding carboxylic acids is 2. The van der Waals surface area contributed by atoms with Crippen molar-refractivity contribution in [2.24, 2.45) is 5.92 Å². The summed E-state index contributed by atoms with van der Waals surface area (Å²) in [4.78, 5) is 27.5. The van der Waals surface area contributed by atoms with Crippen LogP contribution in [0.1, 0.15) is 33.6 Å². The summed E-state index contributed by atoms with van der Waals surface area (Å²) >= 11 is 1.55. The summed E-state index contributed by atoms with van der Waals surface area (Å²) in [6.45, 7) is 1.74. The van der Waals surface area contributed by atoms with Gasteiger partial charge in [-0.1, -0.05) is 24.3 Å². The van der Waals surface area contributed by atoms with E-state index < -0.39 is 5.82 Å². The van der Waals surface area contributed by atoms with E-state index in [-0.39, 0.29) is 17.4 Å². The largest absolute Gasteiger partial charge is 0.352 e. The number of nitrogens with one attached hydrogen (secondary N) is 1. The van der Waals surface area contributed by atoms with Gasteiger partial charge in [-0.15, -0.1) is 11.8 Å². The fourth-order valence-corrected chi connectivity index (χ4v) is 3.90. The first-order chi connectivity index (χ1) is 13.1. The molecule has 1 aliphatic heterocycles. The van der Waals surface area contributed by atoms with E-state index in [2.05, 4.69) is 5.32 Å². The van der Waals surface area contributed by atoms with Gasteiger partial charge in [0.05, 0.1) is 11.1 Å². The number of benzene rings is 2. The van der Waals surface area contributed by atoms with Gasteiger partial charge < -0.3 is 10.2 Å². The summed E-state index contributed by atoms with van der Waals surface area (Å²) in [6.07, 6.45) is 3.55. The SMILES string of the molecule is CSc1ccccc1C(=O)NCC1CCN(C(=O)c2ccccc2F)CC1. The van der Waals surface area contributed by atoms with Crippen LogP contribution in [0.15, 0.2) is 53.4 Å². The normalized spacial score (nSPS) is 14.8. The van der Waals surface area contributed by atoms with E-state index in [1.807, 2.05) is 30.5 Å². The highest BCUT2D eigenvalue weighted by molar-refractivity contribution is 7.98. The van der Waals surface area contributed by atoms with Crippen molar-refractivity contribution in [3.05, 3.63) is 65.5 Å². The molecule has 142 valence electrons. The quantitative estimate of drug-likeness (QED) is 0.795. The molecule has 0 bridgehead atoms. The Kier molecular flexibility index (Phi) is 6.50. The molecule has 0 radical (unpaired) electrons. The summed E-state index contributed by atoms with van der Waals surface area (Å²) in [5.41, 5.74) is 0.815. The van der Waals surface area contributed by atoms with E-state index in [4.69, 9.17) is 0 Å². The Balaban J connectivity index is 1.50. The maximum absolute atomic E-state index is 13.8. The van der Waals surface area contributed by atoms with Crippen LogP contribution in [0.25, 0.3) is 0 Å². The number of likely N-dealkylation sites (tertiary alicyclic amines) is 1. The lowest BCUT2D eigenvalue weighted by atomic mass is 9.96. The zero-order chi connectivity index (χ0) is 19.2. The van der Waals surface area contributed by atoms with Crippen molar-refractivity contribution < 1.29 is 14.0 Å². The molecule has 0 aromatic heterocycles. The highest BCUT2D eigenvalue weighted by atomic mass is 32.2. The van der Waals surface area contributed by atoms with Gasteiger partial charge >= 0.3 is 0 Å². The van der Waals surface area contributed by atoms with Crippen molar-refractivity contribution in [2.45, 2.75) is 17.7 Å². The van der Waals surface area contributed by atoms with Crippen LogP contribution in [0, 0.1) is 11.7 Å². The Morgan fingerprint density at radius 3 is 2.37 bits per heavy atom. The zero-order valence-corrected chi connectivity index (χ0v) is 16.1. The molecule has 4 nitrogen and oxygen atoms in total. The van der Waals surface area contributed by atoms with Gasteiger partial charge in [-0.3, -0.25) is 9.59 Å². The first kappa shape index (κ1) is 19.4. The summed E-state index contributed by atoms with van der Waals surface area (Å²) in [7, 11) is 0. The smallest absolute Gasteiger partial charge is 0.256 e. The van der Waals surface area contributed by atoms with Gasteiger partial charge in [0.15, 0.2) is 0 Å². The molecule has 3 rings (SSSR count). The van der Waals surface area contributed by atoms with Crippen molar-refractivity contribution in [2.75, 3.05) is 25.9 Å². The van der Waals surface area contributed by atoms with Crippen LogP contribution in [-0.4, -0.2) is 42.6 Å². The molecule has 0 spiro atoms. The molecule has 2 aromatic rings. The minimum absolute atomic E-state index is 0.0650. The summed E-state index contributed by atoms with van der Waals surface area (Å²) in [6, 6.07) is 13.6. The van der Waals surface area contributed by atoms with E-state index in [1.165, 1.54) is 12.1 Å². The fraction of sp³-hybridized carbons (Fsp3) is 0.333. The average molecular weight is 386 g/mol. The van der Waals surface area contributed by atoms with Gasteiger partial charge in [0.2, 0.25) is 0 Å². The standard InChI is InChI=1S/C21H23FN2O2S/c1-27-19-9-5-3-7-17(19)20(25)23-14-15-10-12-24(13-11-15)21(26)16-6-2-4-8-18(16)22/h2-9,15H,10-14H2,1H3,(H,23,25). The summed E-state index contributed by atoms with van der Waals surface area (Å²) < 4.78 is 13.8. The van der Waals surface area contributed by atoms with Gasteiger partial charge in [-0.25, -0.2) is 4.39 Å². The zero-order valence-electron chi connectivity index (χ0n) is 15.3. The predicted octanol–water partition coefficient (Wildman–Crippen LogP) is 3.83. The van der Waals surface area contributed by atoms with Crippen LogP contribution in [0.3, 0.4) is 0 Å². The minimum atomic E-state index is -0.482. The van der Waals surface area contributed by atoms with E-state index in [1.54, 1.807) is 28.8 Å². The number of thioether (sulfide) groups is 1. The van der Waals surface area contributed by atoms with E-state index in [9.17, 15) is 14.0 Å². The predicted molar refractivity (Wildman–Crippen MR) is 106 cm³/mol. The first-order valence-corrected chi connectivity index (χ1v) is 10.3. The topological polar surface area (TPSA) is 49.4 Å². The Hall–Kier alpha value is -2.34. The Labute approximate surface area is 163 Å². The monoisotopic (exact) mass is 386 g/mol. The second-order valence-corrected chi connectivity index (χ2v) is 7.47. The number of halogens is 1. The van der Waals surface area contributed by atoms with Gasteiger partial charge in [0.25, 0.3) is 11.8 Å². The van der Waals surface area contributed by atoms with Crippen molar-refractivity contribution in [1.29, 1.82) is 0 Å². The lowest BCUT2D eigenvalue weighted by Crippen LogP contribution is -2.41. The lowest BCUT2D eigenvalue weighted by molar-refractivity contribution is 0.0679. The maximum Gasteiger partial charge on any atom is 0.256 e. The Morgan fingerprint density at radius 2 is 1.70 bits per heavy atom. The minimum Gasteiger partial charge on any atom is -0.352 e. The number of nitrogens with zero attached hydrogens (tertiary/aromatic N) is 1. The molecular weight excluding hydrogens is 363 g/mol. The third kappa shape index (κ3) is 4.69. The molecule has 6 heteroatoms. The van der Waals surface area contributed by atoms with Gasteiger partial charge in [-0.05, 0) is 49.3 Å². The fourth-order valence-electron chi connectivity index (χ4n) is 3.31. The highest BCUT2D eigenvalue weighted by Gasteiger charge is 2.25. The molecule has 1 aliphatic rings. The Bertz CT molecular complexity index is 819. The van der Waals surface area contributed by atoms with E-state index in [0.29, 0.717) is 31.1 Å². The number of rotatable bonds is 5. The molecule has 1 fully saturated rings. The van der Waals surface area contributed by atoms with Crippen LogP contribution in [0.4, 0.5) is 4.39 Å². The van der Waals surface area contributed by atoms with Crippen molar-refractivity contribution in [3.8, 4) is 0 Å². The maximum atomic E-state index is 13.8. The van der Waals surface area contributed by atoms with Crippen molar-refractivity contribution in [1.82, 2.24) is 10.2 Å². The van der Waals surface area contributed by atoms with Crippen molar-refractivity contribution in [3.63, 3.8) is 0 Å². The second-order valence-electron chi connectivity index (χ2n) is 6.63. The summed E-state index contributed by atoms with van der Waals surface area (Å²) in [5.74, 6) is -0.487. The molecule has 1 N–H and O–H groups in total. The number of hydrogen-bond donors (Lipinski definition) is 1. The number of piperidine rings is 1. The molecule has 1 heterocycles. The van der Waals surface area contributed by atoms with Crippen LogP contribution < -0.4 is 5.32 Å². The van der Waals surface area contributed by atoms with E-state index in [0.717, 1.165) is 17.7 Å². The average Bonchev–Trinajstić information content (AvgIpc) is 2.72. The van der Waals surface area contributed by atoms with Crippen LogP contribution >= 0.6 is 11.8 Å². The Morgan fingerprint density at radius 1 is 1.07 bits per heavy atom. The number of carbonyl (C=O) groups is 2. The molecule has 0 atom stereocenters.